The predicted molar refractivity (Wildman–Crippen MR) is 85.5 cm³/mol. The highest BCUT2D eigenvalue weighted by Gasteiger charge is 2.33. The average Bonchev–Trinajstić information content (AvgIpc) is 2.94. The molecule has 4 heteroatoms. The fourth-order valence-electron chi connectivity index (χ4n) is 3.75. The second-order valence-electron chi connectivity index (χ2n) is 7.16. The van der Waals surface area contributed by atoms with Gasteiger partial charge in [0, 0.05) is 24.6 Å². The van der Waals surface area contributed by atoms with Gasteiger partial charge in [0.05, 0.1) is 0 Å². The Hall–Kier alpha value is -1.26. The summed E-state index contributed by atoms with van der Waals surface area (Å²) >= 11 is 0. The summed E-state index contributed by atoms with van der Waals surface area (Å²) in [6, 6.07) is 5.96. The van der Waals surface area contributed by atoms with Gasteiger partial charge in [0.2, 0.25) is 0 Å². The van der Waals surface area contributed by atoms with Crippen LogP contribution in [0.25, 0.3) is 0 Å². The van der Waals surface area contributed by atoms with Crippen molar-refractivity contribution in [2.24, 2.45) is 11.3 Å². The molecular formula is C18H25FN2O. The summed E-state index contributed by atoms with van der Waals surface area (Å²) in [5.74, 6) is -0.0191. The number of piperidine rings is 1. The molecule has 0 spiro atoms. The molecule has 2 fully saturated rings. The molecule has 2 saturated heterocycles. The van der Waals surface area contributed by atoms with Crippen molar-refractivity contribution in [2.45, 2.75) is 26.2 Å². The molecule has 3 rings (SSSR count). The number of Topliss-reactive ketones (excluding diaryl/α,β-unsaturated/α-hetero) is 1. The number of nitrogens with one attached hydrogen (secondary N) is 1. The fourth-order valence-corrected chi connectivity index (χ4v) is 3.75. The summed E-state index contributed by atoms with van der Waals surface area (Å²) in [4.78, 5) is 15.0. The van der Waals surface area contributed by atoms with Gasteiger partial charge >= 0.3 is 0 Å². The molecule has 0 amide bonds. The first-order valence-electron chi connectivity index (χ1n) is 8.29. The van der Waals surface area contributed by atoms with E-state index < -0.39 is 0 Å². The zero-order chi connectivity index (χ0) is 15.6. The van der Waals surface area contributed by atoms with E-state index in [4.69, 9.17) is 0 Å². The smallest absolute Gasteiger partial charge is 0.166 e. The minimum Gasteiger partial charge on any atom is -0.316 e. The number of ketones is 1. The van der Waals surface area contributed by atoms with E-state index in [1.54, 1.807) is 12.1 Å². The van der Waals surface area contributed by atoms with Crippen molar-refractivity contribution < 1.29 is 9.18 Å². The van der Waals surface area contributed by atoms with Gasteiger partial charge in [-0.3, -0.25) is 4.79 Å². The van der Waals surface area contributed by atoms with Gasteiger partial charge in [-0.2, -0.15) is 0 Å². The van der Waals surface area contributed by atoms with Crippen molar-refractivity contribution in [1.29, 1.82) is 0 Å². The number of benzene rings is 1. The van der Waals surface area contributed by atoms with E-state index in [9.17, 15) is 9.18 Å². The van der Waals surface area contributed by atoms with Crippen LogP contribution in [0.5, 0.6) is 0 Å². The van der Waals surface area contributed by atoms with Crippen LogP contribution in [-0.4, -0.2) is 43.4 Å². The van der Waals surface area contributed by atoms with Crippen molar-refractivity contribution in [2.75, 3.05) is 32.7 Å². The molecule has 120 valence electrons. The number of hydrogen-bond acceptors (Lipinski definition) is 3. The third-order valence-corrected chi connectivity index (χ3v) is 5.15. The quantitative estimate of drug-likeness (QED) is 0.868. The highest BCUT2D eigenvalue weighted by atomic mass is 19.1. The molecule has 22 heavy (non-hydrogen) atoms. The first-order valence-corrected chi connectivity index (χ1v) is 8.29. The lowest BCUT2D eigenvalue weighted by Gasteiger charge is -2.36. The number of hydrogen-bond donors (Lipinski definition) is 1. The van der Waals surface area contributed by atoms with Crippen LogP contribution < -0.4 is 5.32 Å². The van der Waals surface area contributed by atoms with Crippen LogP contribution in [0.4, 0.5) is 4.39 Å². The summed E-state index contributed by atoms with van der Waals surface area (Å²) in [5.41, 5.74) is 1.03. The van der Waals surface area contributed by atoms with Crippen molar-refractivity contribution in [1.82, 2.24) is 10.2 Å². The van der Waals surface area contributed by atoms with Crippen LogP contribution in [0, 0.1) is 17.2 Å². The summed E-state index contributed by atoms with van der Waals surface area (Å²) < 4.78 is 13.0. The maximum atomic E-state index is 13.0. The largest absolute Gasteiger partial charge is 0.316 e. The highest BCUT2D eigenvalue weighted by molar-refractivity contribution is 5.97. The third kappa shape index (κ3) is 3.55. The molecule has 0 aliphatic carbocycles. The Morgan fingerprint density at radius 1 is 1.32 bits per heavy atom. The Morgan fingerprint density at radius 3 is 2.59 bits per heavy atom. The Kier molecular flexibility index (Phi) is 4.59. The van der Waals surface area contributed by atoms with Crippen LogP contribution in [0.2, 0.25) is 0 Å². The topological polar surface area (TPSA) is 32.3 Å². The van der Waals surface area contributed by atoms with Crippen molar-refractivity contribution in [3.8, 4) is 0 Å². The summed E-state index contributed by atoms with van der Waals surface area (Å²) in [6.07, 6.45) is 3.07. The van der Waals surface area contributed by atoms with E-state index in [2.05, 4.69) is 17.1 Å². The van der Waals surface area contributed by atoms with Gasteiger partial charge in [0.25, 0.3) is 0 Å². The molecule has 1 unspecified atom stereocenters. The predicted octanol–water partition coefficient (Wildman–Crippen LogP) is 2.72. The third-order valence-electron chi connectivity index (χ3n) is 5.15. The molecule has 3 nitrogen and oxygen atoms in total. The average molecular weight is 304 g/mol. The van der Waals surface area contributed by atoms with E-state index in [0.717, 1.165) is 45.6 Å². The second kappa shape index (κ2) is 6.47. The summed E-state index contributed by atoms with van der Waals surface area (Å²) in [6.45, 7) is 7.68. The van der Waals surface area contributed by atoms with Crippen molar-refractivity contribution >= 4 is 5.78 Å². The maximum absolute atomic E-state index is 13.0. The number of halogens is 1. The van der Waals surface area contributed by atoms with E-state index in [1.807, 2.05) is 0 Å². The number of carbonyl (C=O) groups is 1. The van der Waals surface area contributed by atoms with Gasteiger partial charge in [-0.05, 0) is 68.6 Å². The number of rotatable bonds is 4. The summed E-state index contributed by atoms with van der Waals surface area (Å²) in [7, 11) is 0. The molecule has 2 aliphatic rings. The molecule has 1 atom stereocenters. The lowest BCUT2D eigenvalue weighted by Crippen LogP contribution is -2.43. The first kappa shape index (κ1) is 15.6. The molecule has 0 bridgehead atoms. The molecule has 2 aliphatic heterocycles. The van der Waals surface area contributed by atoms with Gasteiger partial charge in [-0.15, -0.1) is 0 Å². The molecule has 0 saturated carbocycles. The molecule has 1 aromatic rings. The van der Waals surface area contributed by atoms with Crippen LogP contribution in [0.3, 0.4) is 0 Å². The Morgan fingerprint density at radius 2 is 2.00 bits per heavy atom. The molecular weight excluding hydrogens is 279 g/mol. The van der Waals surface area contributed by atoms with Crippen LogP contribution in [0.1, 0.15) is 36.5 Å². The van der Waals surface area contributed by atoms with Crippen LogP contribution in [0.15, 0.2) is 24.3 Å². The van der Waals surface area contributed by atoms with E-state index in [1.165, 1.54) is 18.6 Å². The minimum atomic E-state index is -0.287. The van der Waals surface area contributed by atoms with Gasteiger partial charge < -0.3 is 10.2 Å². The Labute approximate surface area is 131 Å². The Balaban J connectivity index is 1.53. The van der Waals surface area contributed by atoms with Crippen molar-refractivity contribution in [3.63, 3.8) is 0 Å². The molecule has 0 radical (unpaired) electrons. The SMILES string of the molecule is CC1(CN2CCC(C(=O)c3ccc(F)cc3)CC2)CCNC1. The number of likely N-dealkylation sites (tertiary alicyclic amines) is 1. The zero-order valence-electron chi connectivity index (χ0n) is 13.3. The van der Waals surface area contributed by atoms with Gasteiger partial charge in [0.15, 0.2) is 5.78 Å². The zero-order valence-corrected chi connectivity index (χ0v) is 13.3. The lowest BCUT2D eigenvalue weighted by atomic mass is 9.85. The number of nitrogens with zero attached hydrogens (tertiary/aromatic N) is 1. The van der Waals surface area contributed by atoms with Gasteiger partial charge in [-0.25, -0.2) is 4.39 Å². The molecule has 1 aromatic carbocycles. The van der Waals surface area contributed by atoms with Crippen LogP contribution >= 0.6 is 0 Å². The van der Waals surface area contributed by atoms with Gasteiger partial charge in [-0.1, -0.05) is 6.92 Å². The normalized spacial score (nSPS) is 27.2. The van der Waals surface area contributed by atoms with Crippen LogP contribution in [-0.2, 0) is 0 Å². The fraction of sp³-hybridized carbons (Fsp3) is 0.611. The van der Waals surface area contributed by atoms with Crippen molar-refractivity contribution in [3.05, 3.63) is 35.6 Å². The monoisotopic (exact) mass is 304 g/mol. The molecule has 1 N–H and O–H groups in total. The van der Waals surface area contributed by atoms with E-state index in [-0.39, 0.29) is 17.5 Å². The first-order chi connectivity index (χ1) is 10.6. The second-order valence-corrected chi connectivity index (χ2v) is 7.16. The highest BCUT2D eigenvalue weighted by Crippen LogP contribution is 2.29. The maximum Gasteiger partial charge on any atom is 0.166 e. The standard InChI is InChI=1S/C18H25FN2O/c1-18(8-9-20-12-18)13-21-10-6-15(7-11-21)17(22)14-2-4-16(19)5-3-14/h2-5,15,20H,6-13H2,1H3. The molecule has 0 aromatic heterocycles. The summed E-state index contributed by atoms with van der Waals surface area (Å²) in [5, 5.41) is 3.44. The Bertz CT molecular complexity index is 514. The number of carbonyl (C=O) groups excluding carboxylic acids is 1. The van der Waals surface area contributed by atoms with E-state index >= 15 is 0 Å². The molecule has 2 heterocycles. The van der Waals surface area contributed by atoms with E-state index in [0.29, 0.717) is 11.0 Å². The minimum absolute atomic E-state index is 0.0937. The lowest BCUT2D eigenvalue weighted by molar-refractivity contribution is 0.0797. The van der Waals surface area contributed by atoms with Gasteiger partial charge in [0.1, 0.15) is 5.82 Å².